The maximum absolute atomic E-state index is 12.5. The van der Waals surface area contributed by atoms with Crippen LogP contribution in [0.4, 0.5) is 24.5 Å². The molecule has 5 nitrogen and oxygen atoms in total. The number of amides is 2. The molecule has 0 heterocycles. The molecule has 31 heavy (non-hydrogen) atoms. The lowest BCUT2D eigenvalue weighted by molar-refractivity contribution is -0.0384. The van der Waals surface area contributed by atoms with Gasteiger partial charge >= 0.3 is 5.51 Å². The average Bonchev–Trinajstić information content (AvgIpc) is 2.75. The topological polar surface area (TPSA) is 75.3 Å². The molecule has 0 spiro atoms. The Morgan fingerprint density at radius 3 is 2.00 bits per heavy atom. The summed E-state index contributed by atoms with van der Waals surface area (Å²) >= 11 is 6.12. The van der Waals surface area contributed by atoms with Crippen LogP contribution in [0, 0.1) is 0 Å². The zero-order valence-corrected chi connectivity index (χ0v) is 17.1. The Morgan fingerprint density at radius 2 is 1.39 bits per heavy atom. The molecule has 2 amide bonds. The smallest absolute Gasteiger partial charge is 0.322 e. The van der Waals surface area contributed by atoms with E-state index in [0.29, 0.717) is 11.3 Å². The zero-order valence-electron chi connectivity index (χ0n) is 15.6. The van der Waals surface area contributed by atoms with E-state index in [9.17, 15) is 27.0 Å². The van der Waals surface area contributed by atoms with Crippen LogP contribution < -0.4 is 10.6 Å². The summed E-state index contributed by atoms with van der Waals surface area (Å²) in [5.74, 6) is -0.994. The van der Waals surface area contributed by atoms with E-state index in [4.69, 9.17) is 11.6 Å². The van der Waals surface area contributed by atoms with Crippen LogP contribution in [0.5, 0.6) is 0 Å². The predicted octanol–water partition coefficient (Wildman–Crippen LogP) is 5.47. The van der Waals surface area contributed by atoms with Crippen molar-refractivity contribution >= 4 is 45.6 Å². The lowest BCUT2D eigenvalue weighted by atomic mass is 10.2. The Morgan fingerprint density at radius 1 is 0.806 bits per heavy atom. The molecular weight excluding hydrogens is 453 g/mol. The van der Waals surface area contributed by atoms with Gasteiger partial charge < -0.3 is 10.6 Å². The molecule has 1 atom stereocenters. The van der Waals surface area contributed by atoms with Crippen molar-refractivity contribution in [1.82, 2.24) is 0 Å². The number of carbonyl (C=O) groups is 2. The van der Waals surface area contributed by atoms with Crippen LogP contribution >= 0.6 is 11.6 Å². The van der Waals surface area contributed by atoms with E-state index in [2.05, 4.69) is 10.6 Å². The molecule has 0 radical (unpaired) electrons. The maximum atomic E-state index is 12.5. The highest BCUT2D eigenvalue weighted by atomic mass is 35.5. The summed E-state index contributed by atoms with van der Waals surface area (Å²) in [5.41, 5.74) is -3.82. The molecule has 2 N–H and O–H groups in total. The third kappa shape index (κ3) is 5.71. The summed E-state index contributed by atoms with van der Waals surface area (Å²) in [5, 5.41) is 5.47. The molecule has 160 valence electrons. The van der Waals surface area contributed by atoms with Crippen LogP contribution in [0.25, 0.3) is 0 Å². The molecule has 0 aromatic heterocycles. The van der Waals surface area contributed by atoms with E-state index in [1.165, 1.54) is 18.2 Å². The fourth-order valence-corrected chi connectivity index (χ4v) is 3.36. The molecular formula is C21H14ClF3N2O3S. The first kappa shape index (κ1) is 22.5. The average molecular weight is 467 g/mol. The lowest BCUT2D eigenvalue weighted by Gasteiger charge is -2.11. The van der Waals surface area contributed by atoms with Crippen molar-refractivity contribution in [1.29, 1.82) is 0 Å². The van der Waals surface area contributed by atoms with Gasteiger partial charge in [-0.1, -0.05) is 29.8 Å². The summed E-state index contributed by atoms with van der Waals surface area (Å²) in [4.78, 5) is 24.3. The number of alkyl halides is 3. The van der Waals surface area contributed by atoms with E-state index in [1.54, 1.807) is 30.3 Å². The third-order valence-corrected chi connectivity index (χ3v) is 5.50. The van der Waals surface area contributed by atoms with Gasteiger partial charge in [0.1, 0.15) is 0 Å². The van der Waals surface area contributed by atoms with Crippen molar-refractivity contribution in [3.63, 3.8) is 0 Å². The summed E-state index contributed by atoms with van der Waals surface area (Å²) < 4.78 is 48.9. The molecule has 0 saturated carbocycles. The van der Waals surface area contributed by atoms with E-state index < -0.39 is 27.1 Å². The number of hydrogen-bond acceptors (Lipinski definition) is 3. The van der Waals surface area contributed by atoms with E-state index in [1.807, 2.05) is 0 Å². The van der Waals surface area contributed by atoms with Crippen LogP contribution in [-0.4, -0.2) is 21.5 Å². The summed E-state index contributed by atoms with van der Waals surface area (Å²) in [6.07, 6.45) is 0. The van der Waals surface area contributed by atoms with Gasteiger partial charge in [0, 0.05) is 21.7 Å². The van der Waals surface area contributed by atoms with Crippen LogP contribution in [-0.2, 0) is 10.8 Å². The van der Waals surface area contributed by atoms with Gasteiger partial charge in [-0.2, -0.15) is 13.2 Å². The number of carbonyl (C=O) groups excluding carboxylic acids is 2. The maximum Gasteiger partial charge on any atom is 0.475 e. The second-order valence-corrected chi connectivity index (χ2v) is 8.09. The van der Waals surface area contributed by atoms with Crippen LogP contribution in [0.3, 0.4) is 0 Å². The zero-order chi connectivity index (χ0) is 22.6. The minimum atomic E-state index is -4.88. The van der Waals surface area contributed by atoms with E-state index >= 15 is 0 Å². The first-order valence-electron chi connectivity index (χ1n) is 8.71. The summed E-state index contributed by atoms with van der Waals surface area (Å²) in [6, 6.07) is 17.1. The Hall–Kier alpha value is -3.17. The van der Waals surface area contributed by atoms with E-state index in [0.717, 1.165) is 24.3 Å². The Bertz CT molecular complexity index is 1140. The minimum absolute atomic E-state index is 0.0627. The molecule has 3 aromatic rings. The standard InChI is InChI=1S/C21H14ClF3N2O3S/c22-17-11-8-15(12-18(17)27-20(29)13-4-2-1-3-5-13)26-19(28)14-6-9-16(10-7-14)31(30)21(23,24)25/h1-12H,(H,26,28)(H,27,29). The number of benzene rings is 3. The highest BCUT2D eigenvalue weighted by molar-refractivity contribution is 7.86. The van der Waals surface area contributed by atoms with Crippen LogP contribution in [0.1, 0.15) is 20.7 Å². The van der Waals surface area contributed by atoms with Crippen molar-refractivity contribution in [2.45, 2.75) is 10.4 Å². The van der Waals surface area contributed by atoms with Crippen molar-refractivity contribution in [3.8, 4) is 0 Å². The third-order valence-electron chi connectivity index (χ3n) is 4.05. The number of halogens is 4. The quantitative estimate of drug-likeness (QED) is 0.523. The molecule has 3 rings (SSSR count). The predicted molar refractivity (Wildman–Crippen MR) is 113 cm³/mol. The second-order valence-electron chi connectivity index (χ2n) is 6.21. The first-order valence-corrected chi connectivity index (χ1v) is 10.2. The van der Waals surface area contributed by atoms with Crippen molar-refractivity contribution in [2.24, 2.45) is 0 Å². The normalized spacial score (nSPS) is 12.1. The van der Waals surface area contributed by atoms with Gasteiger partial charge in [-0.15, -0.1) is 0 Å². The monoisotopic (exact) mass is 466 g/mol. The van der Waals surface area contributed by atoms with Gasteiger partial charge in [-0.05, 0) is 54.6 Å². The van der Waals surface area contributed by atoms with Crippen LogP contribution in [0.2, 0.25) is 5.02 Å². The van der Waals surface area contributed by atoms with Gasteiger partial charge in [0.2, 0.25) is 0 Å². The van der Waals surface area contributed by atoms with Crippen LogP contribution in [0.15, 0.2) is 77.7 Å². The van der Waals surface area contributed by atoms with Crippen molar-refractivity contribution in [2.75, 3.05) is 10.6 Å². The van der Waals surface area contributed by atoms with Gasteiger partial charge in [0.05, 0.1) is 10.7 Å². The fraction of sp³-hybridized carbons (Fsp3) is 0.0476. The SMILES string of the molecule is O=C(Nc1ccc(Cl)c(NC(=O)c2ccccc2)c1)c1ccc(S(=O)C(F)(F)F)cc1. The molecule has 0 aliphatic rings. The largest absolute Gasteiger partial charge is 0.475 e. The first-order chi connectivity index (χ1) is 14.6. The number of anilines is 2. The molecule has 0 fully saturated rings. The van der Waals surface area contributed by atoms with Gasteiger partial charge in [-0.25, -0.2) is 4.21 Å². The molecule has 10 heteroatoms. The number of nitrogens with one attached hydrogen (secondary N) is 2. The molecule has 1 unspecified atom stereocenters. The molecule has 3 aromatic carbocycles. The Balaban J connectivity index is 1.72. The lowest BCUT2D eigenvalue weighted by Crippen LogP contribution is -2.17. The molecule has 0 aliphatic heterocycles. The second kappa shape index (κ2) is 9.32. The van der Waals surface area contributed by atoms with E-state index in [-0.39, 0.29) is 22.2 Å². The molecule has 0 bridgehead atoms. The number of hydrogen-bond donors (Lipinski definition) is 2. The highest BCUT2D eigenvalue weighted by Gasteiger charge is 2.37. The Kier molecular flexibility index (Phi) is 6.77. The summed E-state index contributed by atoms with van der Waals surface area (Å²) in [7, 11) is -3.17. The Labute approximate surface area is 182 Å². The number of rotatable bonds is 5. The highest BCUT2D eigenvalue weighted by Crippen LogP contribution is 2.28. The molecule has 0 saturated heterocycles. The van der Waals surface area contributed by atoms with Gasteiger partial charge in [0.15, 0.2) is 10.8 Å². The minimum Gasteiger partial charge on any atom is -0.322 e. The van der Waals surface area contributed by atoms with Gasteiger partial charge in [-0.3, -0.25) is 9.59 Å². The molecule has 0 aliphatic carbocycles. The van der Waals surface area contributed by atoms with Gasteiger partial charge in [0.25, 0.3) is 11.8 Å². The summed E-state index contributed by atoms with van der Waals surface area (Å²) in [6.45, 7) is 0. The van der Waals surface area contributed by atoms with Crippen molar-refractivity contribution < 1.29 is 27.0 Å². The van der Waals surface area contributed by atoms with Crippen molar-refractivity contribution in [3.05, 3.63) is 88.9 Å². The fourth-order valence-electron chi connectivity index (χ4n) is 2.55.